The number of halogens is 3. The number of hydrogen-bond donors (Lipinski definition) is 3. The highest BCUT2D eigenvalue weighted by Gasteiger charge is 2.32. The number of ether oxygens (including phenoxy) is 4. The fourth-order valence-corrected chi connectivity index (χ4v) is 9.86. The summed E-state index contributed by atoms with van der Waals surface area (Å²) >= 11 is 0. The van der Waals surface area contributed by atoms with Crippen LogP contribution in [0.25, 0.3) is 0 Å². The highest BCUT2D eigenvalue weighted by atomic mass is 32.2. The van der Waals surface area contributed by atoms with Crippen LogP contribution < -0.4 is 37.4 Å². The molecule has 380 valence electrons. The third kappa shape index (κ3) is 11.3. The number of benzene rings is 2. The summed E-state index contributed by atoms with van der Waals surface area (Å²) < 4.78 is 129. The first-order valence-electron chi connectivity index (χ1n) is 22.2. The van der Waals surface area contributed by atoms with Gasteiger partial charge in [0.1, 0.15) is 23.0 Å². The van der Waals surface area contributed by atoms with Gasteiger partial charge in [-0.15, -0.1) is 0 Å². The molecular formula is C47H44F3N11O10S2. The normalized spacial score (nSPS) is 14.9. The van der Waals surface area contributed by atoms with Crippen LogP contribution in [0.1, 0.15) is 33.5 Å². The Balaban J connectivity index is 1.04. The molecule has 2 amide bonds. The summed E-state index contributed by atoms with van der Waals surface area (Å²) in [5.41, 5.74) is 1.16. The van der Waals surface area contributed by atoms with E-state index in [0.717, 1.165) is 15.4 Å². The number of fused-ring (bicyclic) bond motifs is 2. The Labute approximate surface area is 416 Å². The van der Waals surface area contributed by atoms with Gasteiger partial charge in [-0.25, -0.2) is 51.7 Å². The third-order valence-corrected chi connectivity index (χ3v) is 14.1. The van der Waals surface area contributed by atoms with Crippen molar-refractivity contribution in [1.29, 1.82) is 0 Å². The maximum Gasteiger partial charge on any atom is 0.415 e. The van der Waals surface area contributed by atoms with Crippen LogP contribution in [-0.2, 0) is 53.0 Å². The van der Waals surface area contributed by atoms with E-state index < -0.39 is 62.4 Å². The molecule has 0 unspecified atom stereocenters. The van der Waals surface area contributed by atoms with E-state index in [-0.39, 0.29) is 95.9 Å². The number of anilines is 2. The van der Waals surface area contributed by atoms with Crippen molar-refractivity contribution in [3.8, 4) is 34.8 Å². The number of rotatable bonds is 19. The molecule has 0 atom stereocenters. The Morgan fingerprint density at radius 2 is 1.37 bits per heavy atom. The molecule has 1 saturated heterocycles. The lowest BCUT2D eigenvalue weighted by atomic mass is 10.0. The van der Waals surface area contributed by atoms with Crippen molar-refractivity contribution in [2.45, 2.75) is 32.6 Å². The fourth-order valence-electron chi connectivity index (χ4n) is 8.16. The van der Waals surface area contributed by atoms with Crippen molar-refractivity contribution in [3.05, 3.63) is 155 Å². The van der Waals surface area contributed by atoms with Crippen LogP contribution in [0.3, 0.4) is 0 Å². The lowest BCUT2D eigenvalue weighted by Crippen LogP contribution is -2.49. The van der Waals surface area contributed by atoms with E-state index >= 15 is 4.39 Å². The van der Waals surface area contributed by atoms with E-state index in [4.69, 9.17) is 18.9 Å². The van der Waals surface area contributed by atoms with E-state index in [0.29, 0.717) is 29.8 Å². The van der Waals surface area contributed by atoms with Gasteiger partial charge in [0.25, 0.3) is 22.0 Å². The number of carbonyl (C=O) groups is 2. The van der Waals surface area contributed by atoms with E-state index in [1.165, 1.54) is 91.2 Å². The van der Waals surface area contributed by atoms with Crippen molar-refractivity contribution in [1.82, 2.24) is 44.1 Å². The predicted octanol–water partition coefficient (Wildman–Crippen LogP) is 6.11. The molecule has 26 heteroatoms. The third-order valence-electron chi connectivity index (χ3n) is 11.7. The zero-order chi connectivity index (χ0) is 51.6. The molecule has 6 aromatic rings. The van der Waals surface area contributed by atoms with Gasteiger partial charge in [-0.3, -0.25) is 14.5 Å². The van der Waals surface area contributed by atoms with Gasteiger partial charge in [-0.2, -0.15) is 21.6 Å². The minimum Gasteiger partial charge on any atom is -0.436 e. The van der Waals surface area contributed by atoms with Crippen molar-refractivity contribution in [2.24, 2.45) is 5.92 Å². The molecule has 0 saturated carbocycles. The Morgan fingerprint density at radius 3 is 1.90 bits per heavy atom. The lowest BCUT2D eigenvalue weighted by Gasteiger charge is -2.36. The lowest BCUT2D eigenvalue weighted by molar-refractivity contribution is 0.134. The Hall–Kier alpha value is -7.91. The van der Waals surface area contributed by atoms with Crippen LogP contribution in [-0.4, -0.2) is 97.4 Å². The second-order valence-corrected chi connectivity index (χ2v) is 20.1. The number of nitrogens with zero attached hydrogens (tertiary/aromatic N) is 8. The van der Waals surface area contributed by atoms with E-state index in [1.807, 2.05) is 11.9 Å². The average Bonchev–Trinajstić information content (AvgIpc) is 3.34. The number of likely N-dealkylation sites (tertiary alicyclic amines) is 1. The Bertz CT molecular complexity index is 3370. The average molecular weight is 1040 g/mol. The first kappa shape index (κ1) is 50.0. The number of carbonyl (C=O) groups excluding carboxylic acids is 2. The minimum atomic E-state index is -4.47. The highest BCUT2D eigenvalue weighted by molar-refractivity contribution is 7.91. The molecule has 1 fully saturated rings. The van der Waals surface area contributed by atoms with Crippen molar-refractivity contribution < 1.29 is 58.5 Å². The number of amides is 2. The van der Waals surface area contributed by atoms with Crippen LogP contribution in [0.4, 0.5) is 34.4 Å². The summed E-state index contributed by atoms with van der Waals surface area (Å²) in [5, 5.41) is 0. The molecular weight excluding hydrogens is 1000 g/mol. The van der Waals surface area contributed by atoms with Crippen LogP contribution >= 0.6 is 0 Å². The number of pyridine rings is 4. The number of aromatic nitrogens is 4. The maximum absolute atomic E-state index is 16.8. The first-order chi connectivity index (χ1) is 34.9. The fraction of sp³-hybridized carbons (Fsp3) is 0.234. The molecule has 0 aliphatic carbocycles. The van der Waals surface area contributed by atoms with Gasteiger partial charge in [0.2, 0.25) is 0 Å². The molecule has 73 heavy (non-hydrogen) atoms. The van der Waals surface area contributed by atoms with Gasteiger partial charge in [-0.05, 0) is 79.2 Å². The van der Waals surface area contributed by atoms with Gasteiger partial charge in [0, 0.05) is 105 Å². The Kier molecular flexibility index (Phi) is 14.2. The molecule has 3 aliphatic rings. The van der Waals surface area contributed by atoms with Crippen LogP contribution in [0.2, 0.25) is 0 Å². The second kappa shape index (κ2) is 20.7. The quantitative estimate of drug-likeness (QED) is 0.0829. The number of hydrogen-bond acceptors (Lipinski definition) is 15. The van der Waals surface area contributed by atoms with Gasteiger partial charge >= 0.3 is 22.4 Å². The molecule has 0 spiro atoms. The van der Waals surface area contributed by atoms with Gasteiger partial charge in [0.05, 0.1) is 19.6 Å². The van der Waals surface area contributed by atoms with E-state index in [2.05, 4.69) is 40.7 Å². The minimum absolute atomic E-state index is 0.00233. The zero-order valence-electron chi connectivity index (χ0n) is 38.8. The summed E-state index contributed by atoms with van der Waals surface area (Å²) in [5.74, 6) is -3.63. The van der Waals surface area contributed by atoms with Gasteiger partial charge in [-0.1, -0.05) is 6.58 Å². The standard InChI is InChI=1S/C47H44F3N11O10S2/c1-4-61(73(66,67)51-2)43-36(29(13-16-52-43)24-59-25-30-9-11-34(19-39(30)70-46(59)62)68-44-37(48)7-5-14-53-44)18-33-17-32(41(50)42(56-33)57-72(64,65)55-21-28-22-58(3)23-28)27-60-26-31-10-12-35(20-40(31)71-47(60)63)69-45-38(49)8-6-15-54-45/h4-17,19-20,28,51,55H,1,18,21-27H2,2-3H3,(H,56,57). The summed E-state index contributed by atoms with van der Waals surface area (Å²) in [7, 11) is -5.77. The zero-order valence-corrected chi connectivity index (χ0v) is 40.4. The Morgan fingerprint density at radius 1 is 0.795 bits per heavy atom. The summed E-state index contributed by atoms with van der Waals surface area (Å²) in [6.07, 6.45) is 2.88. The predicted molar refractivity (Wildman–Crippen MR) is 255 cm³/mol. The monoisotopic (exact) mass is 1040 g/mol. The maximum atomic E-state index is 16.8. The van der Waals surface area contributed by atoms with Crippen LogP contribution in [0.5, 0.6) is 34.8 Å². The molecule has 0 bridgehead atoms. The summed E-state index contributed by atoms with van der Waals surface area (Å²) in [6, 6.07) is 16.9. The van der Waals surface area contributed by atoms with Crippen molar-refractivity contribution >= 4 is 44.2 Å². The summed E-state index contributed by atoms with van der Waals surface area (Å²) in [6.45, 7) is 4.13. The molecule has 7 heterocycles. The molecule has 0 radical (unpaired) electrons. The van der Waals surface area contributed by atoms with Crippen molar-refractivity contribution in [3.63, 3.8) is 0 Å². The van der Waals surface area contributed by atoms with E-state index in [1.54, 1.807) is 12.1 Å². The molecule has 21 nitrogen and oxygen atoms in total. The highest BCUT2D eigenvalue weighted by Crippen LogP contribution is 2.37. The molecule has 3 N–H and O–H groups in total. The first-order valence-corrected chi connectivity index (χ1v) is 25.1. The largest absolute Gasteiger partial charge is 0.436 e. The number of nitrogens with one attached hydrogen (secondary N) is 3. The molecule has 2 aromatic carbocycles. The van der Waals surface area contributed by atoms with Crippen molar-refractivity contribution in [2.75, 3.05) is 42.8 Å². The van der Waals surface area contributed by atoms with Crippen LogP contribution in [0, 0.1) is 23.4 Å². The van der Waals surface area contributed by atoms with E-state index in [9.17, 15) is 35.2 Å². The smallest absolute Gasteiger partial charge is 0.415 e. The van der Waals surface area contributed by atoms with Crippen LogP contribution in [0.15, 0.2) is 104 Å². The topological polar surface area (TPSA) is 240 Å². The molecule has 3 aliphatic heterocycles. The van der Waals surface area contributed by atoms with Gasteiger partial charge in [0.15, 0.2) is 29.1 Å². The summed E-state index contributed by atoms with van der Waals surface area (Å²) in [4.78, 5) is 48.3. The SMILES string of the molecule is C=CN(c1nccc(CN2Cc3ccc(Oc4ncccc4F)cc3OC2=O)c1Cc1cc(CN2Cc3ccc(Oc4ncccc4F)cc3OC2=O)c(F)c(NS(=O)(=O)NCC2CN(C)C2)n1)S(=O)(=O)NC. The molecule has 4 aromatic heterocycles. The van der Waals surface area contributed by atoms with Gasteiger partial charge < -0.3 is 23.8 Å². The molecule has 9 rings (SSSR count). The second-order valence-electron chi connectivity index (χ2n) is 16.9.